The molecule has 2 aromatic rings. The van der Waals surface area contributed by atoms with Gasteiger partial charge in [-0.1, -0.05) is 12.1 Å². The molecule has 2 rings (SSSR count). The molecule has 0 bridgehead atoms. The van der Waals surface area contributed by atoms with Crippen molar-refractivity contribution >= 4 is 38.3 Å². The van der Waals surface area contributed by atoms with Gasteiger partial charge < -0.3 is 9.64 Å². The van der Waals surface area contributed by atoms with Crippen LogP contribution in [0.15, 0.2) is 47.4 Å². The first kappa shape index (κ1) is 18.0. The van der Waals surface area contributed by atoms with Crippen LogP contribution in [0, 0.1) is 3.57 Å². The fourth-order valence-electron chi connectivity index (χ4n) is 1.99. The van der Waals surface area contributed by atoms with E-state index in [2.05, 4.69) is 27.3 Å². The number of halogens is 1. The average Bonchev–Trinajstić information content (AvgIpc) is 2.53. The third kappa shape index (κ3) is 4.58. The highest BCUT2D eigenvalue weighted by molar-refractivity contribution is 14.1. The van der Waals surface area contributed by atoms with Gasteiger partial charge in [-0.2, -0.15) is 0 Å². The Kier molecular flexibility index (Phi) is 5.88. The number of rotatable bonds is 6. The van der Waals surface area contributed by atoms with Crippen molar-refractivity contribution in [2.24, 2.45) is 0 Å². The molecule has 0 spiro atoms. The number of ether oxygens (including phenoxy) is 1. The highest BCUT2D eigenvalue weighted by Crippen LogP contribution is 2.24. The molecule has 0 aliphatic rings. The van der Waals surface area contributed by atoms with E-state index in [1.165, 1.54) is 0 Å². The van der Waals surface area contributed by atoms with E-state index in [-0.39, 0.29) is 11.4 Å². The third-order valence-electron chi connectivity index (χ3n) is 3.35. The monoisotopic (exact) mass is 446 g/mol. The minimum Gasteiger partial charge on any atom is -0.496 e. The van der Waals surface area contributed by atoms with Crippen LogP contribution >= 0.6 is 22.6 Å². The van der Waals surface area contributed by atoms with Gasteiger partial charge >= 0.3 is 0 Å². The maximum atomic E-state index is 12.4. The van der Waals surface area contributed by atoms with Crippen LogP contribution in [0.2, 0.25) is 0 Å². The van der Waals surface area contributed by atoms with Crippen molar-refractivity contribution in [2.75, 3.05) is 26.1 Å². The minimum atomic E-state index is -3.55. The fraction of sp³-hybridized carbons (Fsp3) is 0.250. The van der Waals surface area contributed by atoms with Crippen LogP contribution < -0.4 is 14.4 Å². The highest BCUT2D eigenvalue weighted by atomic mass is 127. The Morgan fingerprint density at radius 1 is 1.13 bits per heavy atom. The first-order chi connectivity index (χ1) is 10.8. The molecule has 0 radical (unpaired) electrons. The van der Waals surface area contributed by atoms with E-state index in [0.717, 1.165) is 14.8 Å². The van der Waals surface area contributed by atoms with E-state index in [4.69, 9.17) is 4.74 Å². The van der Waals surface area contributed by atoms with Crippen LogP contribution in [0.5, 0.6) is 5.75 Å². The molecule has 0 aliphatic heterocycles. The molecule has 0 fully saturated rings. The maximum Gasteiger partial charge on any atom is 0.240 e. The lowest BCUT2D eigenvalue weighted by Crippen LogP contribution is -2.23. The zero-order chi connectivity index (χ0) is 17.0. The second kappa shape index (κ2) is 7.50. The van der Waals surface area contributed by atoms with Gasteiger partial charge in [-0.15, -0.1) is 0 Å². The number of nitrogens with one attached hydrogen (secondary N) is 1. The van der Waals surface area contributed by atoms with Gasteiger partial charge in [-0.05, 0) is 58.5 Å². The van der Waals surface area contributed by atoms with E-state index >= 15 is 0 Å². The average molecular weight is 446 g/mol. The number of benzene rings is 2. The van der Waals surface area contributed by atoms with Gasteiger partial charge in [0.2, 0.25) is 10.0 Å². The summed E-state index contributed by atoms with van der Waals surface area (Å²) in [5.74, 6) is 0.656. The summed E-state index contributed by atoms with van der Waals surface area (Å²) in [6.07, 6.45) is 0. The van der Waals surface area contributed by atoms with Crippen molar-refractivity contribution in [1.82, 2.24) is 4.72 Å². The van der Waals surface area contributed by atoms with Gasteiger partial charge in [-0.25, -0.2) is 13.1 Å². The summed E-state index contributed by atoms with van der Waals surface area (Å²) in [6, 6.07) is 12.5. The Morgan fingerprint density at radius 2 is 1.78 bits per heavy atom. The molecule has 0 aliphatic carbocycles. The first-order valence-corrected chi connectivity index (χ1v) is 9.49. The van der Waals surface area contributed by atoms with Crippen molar-refractivity contribution in [3.63, 3.8) is 0 Å². The Labute approximate surface area is 150 Å². The second-order valence-corrected chi connectivity index (χ2v) is 8.11. The normalized spacial score (nSPS) is 11.3. The standard InChI is InChI=1S/C16H19IN2O3S/c1-19(2)13-6-4-12(5-7-13)11-18-23(20,21)14-8-9-16(22-3)15(17)10-14/h4-10,18H,11H2,1-3H3. The summed E-state index contributed by atoms with van der Waals surface area (Å²) in [5.41, 5.74) is 1.98. The van der Waals surface area contributed by atoms with Gasteiger partial charge in [-0.3, -0.25) is 0 Å². The maximum absolute atomic E-state index is 12.4. The fourth-order valence-corrected chi connectivity index (χ4v) is 3.98. The van der Waals surface area contributed by atoms with Crippen LogP contribution in [0.3, 0.4) is 0 Å². The van der Waals surface area contributed by atoms with Crippen molar-refractivity contribution in [3.8, 4) is 5.75 Å². The van der Waals surface area contributed by atoms with Gasteiger partial charge in [0.25, 0.3) is 0 Å². The molecule has 0 saturated heterocycles. The van der Waals surface area contributed by atoms with Crippen molar-refractivity contribution < 1.29 is 13.2 Å². The smallest absolute Gasteiger partial charge is 0.240 e. The summed E-state index contributed by atoms with van der Waals surface area (Å²) in [6.45, 7) is 0.249. The van der Waals surface area contributed by atoms with E-state index in [1.807, 2.05) is 43.3 Å². The van der Waals surface area contributed by atoms with Crippen molar-refractivity contribution in [2.45, 2.75) is 11.4 Å². The lowest BCUT2D eigenvalue weighted by atomic mass is 10.2. The SMILES string of the molecule is COc1ccc(S(=O)(=O)NCc2ccc(N(C)C)cc2)cc1I. The van der Waals surface area contributed by atoms with E-state index in [9.17, 15) is 8.42 Å². The number of anilines is 1. The summed E-state index contributed by atoms with van der Waals surface area (Å²) in [5, 5.41) is 0. The third-order valence-corrected chi connectivity index (χ3v) is 5.59. The molecule has 124 valence electrons. The second-order valence-electron chi connectivity index (χ2n) is 5.18. The van der Waals surface area contributed by atoms with Gasteiger partial charge in [0, 0.05) is 26.3 Å². The zero-order valence-electron chi connectivity index (χ0n) is 13.2. The summed E-state index contributed by atoms with van der Waals surface area (Å²) < 4.78 is 33.3. The molecule has 5 nitrogen and oxygen atoms in total. The molecule has 0 saturated carbocycles. The minimum absolute atomic E-state index is 0.229. The van der Waals surface area contributed by atoms with Crippen LogP contribution in [0.1, 0.15) is 5.56 Å². The molecule has 23 heavy (non-hydrogen) atoms. The van der Waals surface area contributed by atoms with Gasteiger partial charge in [0.15, 0.2) is 0 Å². The number of hydrogen-bond acceptors (Lipinski definition) is 4. The van der Waals surface area contributed by atoms with Crippen LogP contribution in [0.4, 0.5) is 5.69 Å². The van der Waals surface area contributed by atoms with E-state index in [0.29, 0.717) is 5.75 Å². The van der Waals surface area contributed by atoms with Crippen LogP contribution in [-0.4, -0.2) is 29.6 Å². The number of hydrogen-bond donors (Lipinski definition) is 1. The molecule has 0 unspecified atom stereocenters. The Bertz CT molecular complexity index is 774. The predicted octanol–water partition coefficient (Wildman–Crippen LogP) is 2.84. The number of sulfonamides is 1. The quantitative estimate of drug-likeness (QED) is 0.694. The highest BCUT2D eigenvalue weighted by Gasteiger charge is 2.15. The van der Waals surface area contributed by atoms with Crippen LogP contribution in [-0.2, 0) is 16.6 Å². The molecule has 0 heterocycles. The molecule has 2 aromatic carbocycles. The topological polar surface area (TPSA) is 58.6 Å². The Balaban J connectivity index is 2.10. The molecule has 1 N–H and O–H groups in total. The summed E-state index contributed by atoms with van der Waals surface area (Å²) >= 11 is 2.05. The predicted molar refractivity (Wildman–Crippen MR) is 101 cm³/mol. The molecular weight excluding hydrogens is 427 g/mol. The van der Waals surface area contributed by atoms with Crippen molar-refractivity contribution in [3.05, 3.63) is 51.6 Å². The largest absolute Gasteiger partial charge is 0.496 e. The van der Waals surface area contributed by atoms with Crippen LogP contribution in [0.25, 0.3) is 0 Å². The molecule has 7 heteroatoms. The molecule has 0 amide bonds. The van der Waals surface area contributed by atoms with Gasteiger partial charge in [0.1, 0.15) is 5.75 Å². The first-order valence-electron chi connectivity index (χ1n) is 6.93. The van der Waals surface area contributed by atoms with E-state index < -0.39 is 10.0 Å². The Hall–Kier alpha value is -1.32. The Morgan fingerprint density at radius 3 is 2.30 bits per heavy atom. The molecular formula is C16H19IN2O3S. The van der Waals surface area contributed by atoms with Gasteiger partial charge in [0.05, 0.1) is 15.6 Å². The number of nitrogens with zero attached hydrogens (tertiary/aromatic N) is 1. The number of methoxy groups -OCH3 is 1. The molecule has 0 aromatic heterocycles. The van der Waals surface area contributed by atoms with E-state index in [1.54, 1.807) is 25.3 Å². The lowest BCUT2D eigenvalue weighted by molar-refractivity contribution is 0.411. The van der Waals surface area contributed by atoms with Crippen molar-refractivity contribution in [1.29, 1.82) is 0 Å². The summed E-state index contributed by atoms with van der Waals surface area (Å²) in [4.78, 5) is 2.22. The summed E-state index contributed by atoms with van der Waals surface area (Å²) in [7, 11) is 1.93. The lowest BCUT2D eigenvalue weighted by Gasteiger charge is -2.13. The zero-order valence-corrected chi connectivity index (χ0v) is 16.2. The molecule has 0 atom stereocenters.